The van der Waals surface area contributed by atoms with Crippen LogP contribution in [0.2, 0.25) is 5.02 Å². The minimum absolute atomic E-state index is 0.123. The van der Waals surface area contributed by atoms with E-state index in [1.54, 1.807) is 6.92 Å². The van der Waals surface area contributed by atoms with E-state index in [1.807, 2.05) is 26.0 Å². The fourth-order valence-electron chi connectivity index (χ4n) is 1.16. The van der Waals surface area contributed by atoms with E-state index in [-0.39, 0.29) is 5.75 Å². The minimum Gasteiger partial charge on any atom is -0.506 e. The normalized spacial score (nSPS) is 11.8. The summed E-state index contributed by atoms with van der Waals surface area (Å²) in [6.07, 6.45) is 0. The van der Waals surface area contributed by atoms with Crippen LogP contribution in [0.3, 0.4) is 0 Å². The third-order valence-electron chi connectivity index (χ3n) is 2.01. The summed E-state index contributed by atoms with van der Waals surface area (Å²) in [5.74, 6) is 0.123. The van der Waals surface area contributed by atoms with Gasteiger partial charge >= 0.3 is 0 Å². The molecular formula is C10H14ClNO. The van der Waals surface area contributed by atoms with Gasteiger partial charge in [0.1, 0.15) is 5.75 Å². The van der Waals surface area contributed by atoms with Gasteiger partial charge in [0.05, 0.1) is 5.02 Å². The maximum atomic E-state index is 9.56. The zero-order valence-corrected chi connectivity index (χ0v) is 8.81. The molecule has 0 bridgehead atoms. The Hall–Kier alpha value is -0.730. The van der Waals surface area contributed by atoms with Crippen molar-refractivity contribution >= 4 is 11.6 Å². The van der Waals surface area contributed by atoms with Crippen molar-refractivity contribution in [1.82, 2.24) is 0 Å². The zero-order valence-electron chi connectivity index (χ0n) is 8.06. The molecule has 0 aromatic heterocycles. The van der Waals surface area contributed by atoms with Crippen molar-refractivity contribution in [1.29, 1.82) is 0 Å². The lowest BCUT2D eigenvalue weighted by Gasteiger charge is -2.21. The average Bonchev–Trinajstić information content (AvgIpc) is 1.98. The Bertz CT molecular complexity index is 328. The van der Waals surface area contributed by atoms with Gasteiger partial charge in [0, 0.05) is 5.54 Å². The summed E-state index contributed by atoms with van der Waals surface area (Å²) in [5, 5.41) is 9.92. The lowest BCUT2D eigenvalue weighted by Crippen LogP contribution is -2.29. The van der Waals surface area contributed by atoms with Crippen molar-refractivity contribution < 1.29 is 5.11 Å². The Morgan fingerprint density at radius 3 is 2.38 bits per heavy atom. The number of nitrogens with two attached hydrogens (primary N) is 1. The van der Waals surface area contributed by atoms with Gasteiger partial charge in [0.2, 0.25) is 0 Å². The fourth-order valence-corrected chi connectivity index (χ4v) is 1.61. The van der Waals surface area contributed by atoms with E-state index in [4.69, 9.17) is 17.3 Å². The first-order valence-corrected chi connectivity index (χ1v) is 4.49. The second-order valence-electron chi connectivity index (χ2n) is 3.81. The van der Waals surface area contributed by atoms with E-state index < -0.39 is 5.54 Å². The number of rotatable bonds is 1. The molecular weight excluding hydrogens is 186 g/mol. The summed E-state index contributed by atoms with van der Waals surface area (Å²) >= 11 is 5.95. The number of benzene rings is 1. The van der Waals surface area contributed by atoms with Crippen LogP contribution in [0.4, 0.5) is 0 Å². The molecule has 0 aliphatic heterocycles. The van der Waals surface area contributed by atoms with E-state index in [0.717, 1.165) is 11.1 Å². The predicted octanol–water partition coefficient (Wildman–Crippen LogP) is 2.55. The van der Waals surface area contributed by atoms with E-state index >= 15 is 0 Å². The molecule has 3 heteroatoms. The molecule has 0 heterocycles. The second kappa shape index (κ2) is 3.20. The molecule has 0 unspecified atom stereocenters. The van der Waals surface area contributed by atoms with Crippen LogP contribution in [-0.4, -0.2) is 5.11 Å². The highest BCUT2D eigenvalue weighted by Crippen LogP contribution is 2.34. The van der Waals surface area contributed by atoms with Crippen molar-refractivity contribution in [2.75, 3.05) is 0 Å². The smallest absolute Gasteiger partial charge is 0.137 e. The number of aryl methyl sites for hydroxylation is 1. The summed E-state index contributed by atoms with van der Waals surface area (Å²) in [6.45, 7) is 5.50. The zero-order chi connectivity index (χ0) is 10.2. The molecule has 72 valence electrons. The van der Waals surface area contributed by atoms with Crippen LogP contribution in [0.5, 0.6) is 5.75 Å². The van der Waals surface area contributed by atoms with Crippen LogP contribution in [0.25, 0.3) is 0 Å². The van der Waals surface area contributed by atoms with Gasteiger partial charge in [-0.15, -0.1) is 0 Å². The summed E-state index contributed by atoms with van der Waals surface area (Å²) in [4.78, 5) is 0. The number of hydrogen-bond donors (Lipinski definition) is 2. The van der Waals surface area contributed by atoms with Crippen LogP contribution in [0.15, 0.2) is 12.1 Å². The van der Waals surface area contributed by atoms with Gasteiger partial charge in [-0.3, -0.25) is 0 Å². The van der Waals surface area contributed by atoms with Crippen LogP contribution in [0, 0.1) is 6.92 Å². The standard InChI is InChI=1S/C10H14ClNO/c1-6-4-5-7(10(2,3)12)8(11)9(6)13/h4-5,13H,12H2,1-3H3. The van der Waals surface area contributed by atoms with Crippen LogP contribution in [-0.2, 0) is 5.54 Å². The van der Waals surface area contributed by atoms with E-state index in [2.05, 4.69) is 0 Å². The van der Waals surface area contributed by atoms with Gasteiger partial charge in [-0.2, -0.15) is 0 Å². The Labute approximate surface area is 83.3 Å². The van der Waals surface area contributed by atoms with Crippen molar-refractivity contribution in [3.63, 3.8) is 0 Å². The lowest BCUT2D eigenvalue weighted by molar-refractivity contribution is 0.465. The van der Waals surface area contributed by atoms with Crippen LogP contribution >= 0.6 is 11.6 Å². The first-order valence-electron chi connectivity index (χ1n) is 4.11. The molecule has 0 saturated carbocycles. The summed E-state index contributed by atoms with van der Waals surface area (Å²) in [6, 6.07) is 3.66. The fraction of sp³-hybridized carbons (Fsp3) is 0.400. The Kier molecular flexibility index (Phi) is 2.55. The molecule has 3 N–H and O–H groups in total. The summed E-state index contributed by atoms with van der Waals surface area (Å²) in [5.41, 5.74) is 6.88. The minimum atomic E-state index is -0.526. The molecule has 13 heavy (non-hydrogen) atoms. The quantitative estimate of drug-likeness (QED) is 0.730. The molecule has 0 aliphatic rings. The topological polar surface area (TPSA) is 46.2 Å². The highest BCUT2D eigenvalue weighted by atomic mass is 35.5. The van der Waals surface area contributed by atoms with Crippen molar-refractivity contribution in [2.45, 2.75) is 26.3 Å². The third-order valence-corrected chi connectivity index (χ3v) is 2.39. The Balaban J connectivity index is 3.35. The molecule has 0 aliphatic carbocycles. The number of aromatic hydroxyl groups is 1. The summed E-state index contributed by atoms with van der Waals surface area (Å²) in [7, 11) is 0. The molecule has 0 fully saturated rings. The molecule has 1 rings (SSSR count). The average molecular weight is 200 g/mol. The van der Waals surface area contributed by atoms with Gasteiger partial charge in [0.25, 0.3) is 0 Å². The molecule has 1 aromatic rings. The second-order valence-corrected chi connectivity index (χ2v) is 4.19. The van der Waals surface area contributed by atoms with Gasteiger partial charge in [-0.25, -0.2) is 0 Å². The molecule has 0 radical (unpaired) electrons. The largest absolute Gasteiger partial charge is 0.506 e. The molecule has 2 nitrogen and oxygen atoms in total. The SMILES string of the molecule is Cc1ccc(C(C)(C)N)c(Cl)c1O. The maximum Gasteiger partial charge on any atom is 0.137 e. The Morgan fingerprint density at radius 2 is 1.92 bits per heavy atom. The first kappa shape index (κ1) is 10.4. The molecule has 1 aromatic carbocycles. The van der Waals surface area contributed by atoms with Crippen LogP contribution in [0.1, 0.15) is 25.0 Å². The van der Waals surface area contributed by atoms with E-state index in [9.17, 15) is 5.11 Å². The first-order chi connectivity index (χ1) is 5.84. The molecule has 0 amide bonds. The van der Waals surface area contributed by atoms with E-state index in [1.165, 1.54) is 0 Å². The van der Waals surface area contributed by atoms with Crippen molar-refractivity contribution in [3.8, 4) is 5.75 Å². The van der Waals surface area contributed by atoms with E-state index in [0.29, 0.717) is 5.02 Å². The van der Waals surface area contributed by atoms with Crippen molar-refractivity contribution in [3.05, 3.63) is 28.3 Å². The highest BCUT2D eigenvalue weighted by molar-refractivity contribution is 6.33. The predicted molar refractivity (Wildman–Crippen MR) is 55.1 cm³/mol. The summed E-state index contributed by atoms with van der Waals surface area (Å²) < 4.78 is 0. The third kappa shape index (κ3) is 1.95. The van der Waals surface area contributed by atoms with Crippen LogP contribution < -0.4 is 5.73 Å². The van der Waals surface area contributed by atoms with Gasteiger partial charge in [-0.05, 0) is 31.9 Å². The van der Waals surface area contributed by atoms with Gasteiger partial charge < -0.3 is 10.8 Å². The molecule has 0 atom stereocenters. The lowest BCUT2D eigenvalue weighted by atomic mass is 9.94. The Morgan fingerprint density at radius 1 is 1.38 bits per heavy atom. The monoisotopic (exact) mass is 199 g/mol. The molecule has 0 spiro atoms. The van der Waals surface area contributed by atoms with Crippen molar-refractivity contribution in [2.24, 2.45) is 5.73 Å². The molecule has 0 saturated heterocycles. The van der Waals surface area contributed by atoms with Gasteiger partial charge in [-0.1, -0.05) is 23.7 Å². The highest BCUT2D eigenvalue weighted by Gasteiger charge is 2.20. The number of hydrogen-bond acceptors (Lipinski definition) is 2. The number of halogens is 1. The number of phenolic OH excluding ortho intramolecular Hbond substituents is 1. The van der Waals surface area contributed by atoms with Gasteiger partial charge in [0.15, 0.2) is 0 Å². The maximum absolute atomic E-state index is 9.56. The number of phenols is 1.